The Morgan fingerprint density at radius 2 is 1.97 bits per heavy atom. The molecule has 3 heterocycles. The lowest BCUT2D eigenvalue weighted by atomic mass is 9.93. The molecule has 0 aliphatic heterocycles. The van der Waals surface area contributed by atoms with E-state index in [2.05, 4.69) is 20.4 Å². The van der Waals surface area contributed by atoms with E-state index in [0.717, 1.165) is 16.8 Å². The Balaban J connectivity index is 1.32. The van der Waals surface area contributed by atoms with Crippen LogP contribution in [-0.2, 0) is 23.7 Å². The average Bonchev–Trinajstić information content (AvgIpc) is 3.09. The van der Waals surface area contributed by atoms with Crippen molar-refractivity contribution in [3.05, 3.63) is 54.0 Å². The maximum Gasteiger partial charge on any atom is 0.258 e. The third kappa shape index (κ3) is 4.73. The first-order valence-electron chi connectivity index (χ1n) is 11.2. The number of alkyl halides is 2. The lowest BCUT2D eigenvalue weighted by Crippen LogP contribution is -2.11. The Morgan fingerprint density at radius 3 is 2.66 bits per heavy atom. The molecule has 0 bridgehead atoms. The highest BCUT2D eigenvalue weighted by molar-refractivity contribution is 5.86. The molecule has 1 N–H and O–H groups in total. The van der Waals surface area contributed by atoms with Crippen LogP contribution >= 0.6 is 0 Å². The first-order valence-corrected chi connectivity index (χ1v) is 11.2. The third-order valence-corrected chi connectivity index (χ3v) is 5.94. The number of pyridine rings is 1. The van der Waals surface area contributed by atoms with Crippen LogP contribution in [0, 0.1) is 5.92 Å². The van der Waals surface area contributed by atoms with Crippen molar-refractivity contribution >= 4 is 28.6 Å². The number of anilines is 2. The molecule has 0 radical (unpaired) electrons. The van der Waals surface area contributed by atoms with Crippen LogP contribution in [0.15, 0.2) is 47.1 Å². The molecular formula is C25H25F2N5O3. The van der Waals surface area contributed by atoms with Gasteiger partial charge in [0.1, 0.15) is 23.0 Å². The molecule has 5 rings (SSSR count). The number of hydrogen-bond donors (Lipinski definition) is 1. The summed E-state index contributed by atoms with van der Waals surface area (Å²) in [6.45, 7) is 6.13. The molecule has 1 aromatic carbocycles. The van der Waals surface area contributed by atoms with Gasteiger partial charge in [0, 0.05) is 49.7 Å². The molecule has 182 valence electrons. The fourth-order valence-electron chi connectivity index (χ4n) is 3.76. The minimum Gasteiger partial charge on any atom is -0.457 e. The number of aryl methyl sites for hydroxylation is 1. The number of Topliss-reactive ketones (excluding diaryl/α,β-unsaturated/α-hetero) is 1. The Hall–Kier alpha value is -3.82. The van der Waals surface area contributed by atoms with Gasteiger partial charge in [-0.25, -0.2) is 13.8 Å². The van der Waals surface area contributed by atoms with Crippen molar-refractivity contribution in [2.45, 2.75) is 45.0 Å². The SMILES string of the molecule is Cn1c(Nc2cc(C(C)(C)C)on2)nc2ccc(Oc3ccnc(CC(=O)[C@@H]4CC4(F)F)c3)cc21. The lowest BCUT2D eigenvalue weighted by molar-refractivity contribution is -0.121. The summed E-state index contributed by atoms with van der Waals surface area (Å²) in [7, 11) is 1.87. The largest absolute Gasteiger partial charge is 0.457 e. The monoisotopic (exact) mass is 481 g/mol. The van der Waals surface area contributed by atoms with E-state index in [0.29, 0.717) is 29.0 Å². The Morgan fingerprint density at radius 1 is 1.23 bits per heavy atom. The fourth-order valence-corrected chi connectivity index (χ4v) is 3.76. The van der Waals surface area contributed by atoms with Gasteiger partial charge in [0.05, 0.1) is 22.6 Å². The molecule has 0 amide bonds. The van der Waals surface area contributed by atoms with E-state index in [9.17, 15) is 13.6 Å². The second-order valence-corrected chi connectivity index (χ2v) is 9.84. The van der Waals surface area contributed by atoms with Crippen molar-refractivity contribution < 1.29 is 22.8 Å². The number of ether oxygens (including phenoxy) is 1. The van der Waals surface area contributed by atoms with Gasteiger partial charge in [0.25, 0.3) is 5.92 Å². The van der Waals surface area contributed by atoms with Crippen molar-refractivity contribution in [3.8, 4) is 11.5 Å². The summed E-state index contributed by atoms with van der Waals surface area (Å²) in [6, 6.07) is 10.5. The van der Waals surface area contributed by atoms with Gasteiger partial charge < -0.3 is 19.1 Å². The molecule has 0 spiro atoms. The van der Waals surface area contributed by atoms with Crippen LogP contribution in [0.4, 0.5) is 20.5 Å². The second kappa shape index (κ2) is 8.14. The highest BCUT2D eigenvalue weighted by Crippen LogP contribution is 2.49. The lowest BCUT2D eigenvalue weighted by Gasteiger charge is -2.12. The van der Waals surface area contributed by atoms with Crippen LogP contribution in [0.3, 0.4) is 0 Å². The van der Waals surface area contributed by atoms with Crippen LogP contribution in [-0.4, -0.2) is 31.4 Å². The molecule has 1 fully saturated rings. The first-order chi connectivity index (χ1) is 16.5. The Labute approximate surface area is 200 Å². The fraction of sp³-hybridized carbons (Fsp3) is 0.360. The zero-order valence-electron chi connectivity index (χ0n) is 19.8. The number of halogens is 2. The number of fused-ring (bicyclic) bond motifs is 1. The Bertz CT molecular complexity index is 1420. The predicted octanol–water partition coefficient (Wildman–Crippen LogP) is 5.56. The summed E-state index contributed by atoms with van der Waals surface area (Å²) in [6.07, 6.45) is 0.974. The van der Waals surface area contributed by atoms with E-state index in [1.807, 2.05) is 50.6 Å². The molecule has 3 aromatic heterocycles. The summed E-state index contributed by atoms with van der Waals surface area (Å²) >= 11 is 0. The van der Waals surface area contributed by atoms with Gasteiger partial charge >= 0.3 is 0 Å². The minimum absolute atomic E-state index is 0.147. The molecule has 1 aliphatic rings. The quantitative estimate of drug-likeness (QED) is 0.369. The summed E-state index contributed by atoms with van der Waals surface area (Å²) in [5, 5.41) is 7.26. The van der Waals surface area contributed by atoms with E-state index in [1.54, 1.807) is 18.2 Å². The van der Waals surface area contributed by atoms with Crippen molar-refractivity contribution in [1.82, 2.24) is 19.7 Å². The summed E-state index contributed by atoms with van der Waals surface area (Å²) in [5.41, 5.74) is 1.82. The van der Waals surface area contributed by atoms with Gasteiger partial charge in [0.15, 0.2) is 5.82 Å². The van der Waals surface area contributed by atoms with E-state index in [-0.39, 0.29) is 18.3 Å². The van der Waals surface area contributed by atoms with Crippen molar-refractivity contribution in [3.63, 3.8) is 0 Å². The van der Waals surface area contributed by atoms with Gasteiger partial charge in [-0.05, 0) is 18.2 Å². The number of benzene rings is 1. The molecule has 4 aromatic rings. The molecule has 8 nitrogen and oxygen atoms in total. The van der Waals surface area contributed by atoms with E-state index < -0.39 is 17.6 Å². The van der Waals surface area contributed by atoms with E-state index >= 15 is 0 Å². The molecule has 1 aliphatic carbocycles. The van der Waals surface area contributed by atoms with Crippen LogP contribution in [0.2, 0.25) is 0 Å². The van der Waals surface area contributed by atoms with Crippen LogP contribution in [0.5, 0.6) is 11.5 Å². The molecule has 0 saturated heterocycles. The van der Waals surface area contributed by atoms with Gasteiger partial charge in [-0.1, -0.05) is 25.9 Å². The second-order valence-electron chi connectivity index (χ2n) is 9.84. The molecule has 1 atom stereocenters. The molecule has 10 heteroatoms. The average molecular weight is 482 g/mol. The van der Waals surface area contributed by atoms with E-state index in [4.69, 9.17) is 9.26 Å². The number of nitrogens with zero attached hydrogens (tertiary/aromatic N) is 4. The van der Waals surface area contributed by atoms with Crippen molar-refractivity contribution in [1.29, 1.82) is 0 Å². The third-order valence-electron chi connectivity index (χ3n) is 5.94. The highest BCUT2D eigenvalue weighted by atomic mass is 19.3. The zero-order valence-corrected chi connectivity index (χ0v) is 19.8. The zero-order chi connectivity index (χ0) is 25.0. The van der Waals surface area contributed by atoms with Crippen LogP contribution in [0.1, 0.15) is 38.6 Å². The van der Waals surface area contributed by atoms with Gasteiger partial charge in [-0.2, -0.15) is 0 Å². The maximum atomic E-state index is 13.2. The number of carbonyl (C=O) groups excluding carboxylic acids is 1. The van der Waals surface area contributed by atoms with Crippen molar-refractivity contribution in [2.75, 3.05) is 5.32 Å². The van der Waals surface area contributed by atoms with Crippen LogP contribution in [0.25, 0.3) is 11.0 Å². The summed E-state index contributed by atoms with van der Waals surface area (Å²) in [4.78, 5) is 20.8. The van der Waals surface area contributed by atoms with Gasteiger partial charge in [-0.3, -0.25) is 9.78 Å². The number of carbonyl (C=O) groups is 1. The predicted molar refractivity (Wildman–Crippen MR) is 125 cm³/mol. The maximum absolute atomic E-state index is 13.2. The first kappa shape index (κ1) is 22.9. The number of nitrogens with one attached hydrogen (secondary N) is 1. The number of imidazole rings is 1. The number of rotatable bonds is 7. The van der Waals surface area contributed by atoms with E-state index in [1.165, 1.54) is 6.20 Å². The minimum atomic E-state index is -2.88. The van der Waals surface area contributed by atoms with Gasteiger partial charge in [-0.15, -0.1) is 0 Å². The number of aromatic nitrogens is 4. The Kier molecular flexibility index (Phi) is 5.34. The number of hydrogen-bond acceptors (Lipinski definition) is 7. The molecular weight excluding hydrogens is 456 g/mol. The normalized spacial score (nSPS) is 16.9. The van der Waals surface area contributed by atoms with Crippen molar-refractivity contribution in [2.24, 2.45) is 13.0 Å². The summed E-state index contributed by atoms with van der Waals surface area (Å²) < 4.78 is 39.6. The molecule has 0 unspecified atom stereocenters. The molecule has 1 saturated carbocycles. The molecule has 35 heavy (non-hydrogen) atoms. The smallest absolute Gasteiger partial charge is 0.258 e. The standard InChI is InChI=1S/C25H25F2N5O3/c1-24(2,3)21-12-22(31-35-21)30-23-29-18-6-5-15(11-19(18)32(23)4)34-16-7-8-28-14(9-16)10-20(33)17-13-25(17,26)27/h5-9,11-12,17H,10,13H2,1-4H3,(H,29,30,31)/t17-/m0/s1. The number of ketones is 1. The topological polar surface area (TPSA) is 95.1 Å². The summed E-state index contributed by atoms with van der Waals surface area (Å²) in [5.74, 6) is -1.64. The highest BCUT2D eigenvalue weighted by Gasteiger charge is 2.60. The van der Waals surface area contributed by atoms with Gasteiger partial charge in [0.2, 0.25) is 5.95 Å². The van der Waals surface area contributed by atoms with Crippen LogP contribution < -0.4 is 10.1 Å².